The molecule has 2 heterocycles. The lowest BCUT2D eigenvalue weighted by atomic mass is 9.87. The predicted molar refractivity (Wildman–Crippen MR) is 83.3 cm³/mol. The van der Waals surface area contributed by atoms with E-state index in [-0.39, 0.29) is 0 Å². The van der Waals surface area contributed by atoms with Crippen LogP contribution in [0.1, 0.15) is 22.7 Å². The maximum absolute atomic E-state index is 2.25. The van der Waals surface area contributed by atoms with Crippen LogP contribution in [-0.4, -0.2) is 4.57 Å². The average Bonchev–Trinajstić information content (AvgIpc) is 3.09. The lowest BCUT2D eigenvalue weighted by molar-refractivity contribution is 0.980. The Labute approximate surface area is 118 Å². The molecule has 1 aliphatic rings. The fraction of sp³-hybridized carbons (Fsp3) is 0.0526. The maximum atomic E-state index is 2.25. The van der Waals surface area contributed by atoms with Crippen LogP contribution in [0, 0.1) is 0 Å². The zero-order chi connectivity index (χ0) is 13.4. The number of hydrogen-bond donors (Lipinski definition) is 0. The van der Waals surface area contributed by atoms with Gasteiger partial charge in [0, 0.05) is 18.1 Å². The van der Waals surface area contributed by atoms with E-state index in [0.29, 0.717) is 5.92 Å². The summed E-state index contributed by atoms with van der Waals surface area (Å²) in [5, 5.41) is 0. The van der Waals surface area contributed by atoms with E-state index in [1.807, 2.05) is 0 Å². The van der Waals surface area contributed by atoms with E-state index in [4.69, 9.17) is 0 Å². The summed E-state index contributed by atoms with van der Waals surface area (Å²) < 4.78 is 2.24. The van der Waals surface area contributed by atoms with E-state index in [1.165, 1.54) is 22.4 Å². The molecule has 0 fully saturated rings. The average molecular weight is 257 g/mol. The number of nitrogens with zero attached hydrogens (tertiary/aromatic N) is 1. The number of aromatic nitrogens is 1. The molecule has 4 rings (SSSR count). The highest BCUT2D eigenvalue weighted by molar-refractivity contribution is 5.86. The van der Waals surface area contributed by atoms with Crippen molar-refractivity contribution < 1.29 is 0 Å². The van der Waals surface area contributed by atoms with Gasteiger partial charge in [-0.15, -0.1) is 0 Å². The van der Waals surface area contributed by atoms with E-state index in [2.05, 4.69) is 89.8 Å². The molecule has 0 spiro atoms. The highest BCUT2D eigenvalue weighted by Crippen LogP contribution is 2.42. The molecular formula is C19H15N. The van der Waals surface area contributed by atoms with Gasteiger partial charge in [0.2, 0.25) is 0 Å². The van der Waals surface area contributed by atoms with Crippen LogP contribution in [-0.2, 0) is 0 Å². The molecule has 3 aromatic rings. The van der Waals surface area contributed by atoms with Gasteiger partial charge in [-0.05, 0) is 28.8 Å². The third kappa shape index (κ3) is 1.71. The fourth-order valence-electron chi connectivity index (χ4n) is 3.02. The highest BCUT2D eigenvalue weighted by Gasteiger charge is 2.27. The first-order valence-corrected chi connectivity index (χ1v) is 6.92. The Bertz CT molecular complexity index is 751. The van der Waals surface area contributed by atoms with E-state index >= 15 is 0 Å². The van der Waals surface area contributed by atoms with Crippen molar-refractivity contribution in [1.29, 1.82) is 0 Å². The minimum absolute atomic E-state index is 0.327. The van der Waals surface area contributed by atoms with Crippen molar-refractivity contribution in [3.05, 3.63) is 95.8 Å². The second-order valence-corrected chi connectivity index (χ2v) is 5.13. The van der Waals surface area contributed by atoms with Gasteiger partial charge in [0.1, 0.15) is 0 Å². The van der Waals surface area contributed by atoms with Crippen molar-refractivity contribution in [2.45, 2.75) is 5.92 Å². The monoisotopic (exact) mass is 257 g/mol. The quantitative estimate of drug-likeness (QED) is 0.630. The molecule has 1 unspecified atom stereocenters. The first-order valence-electron chi connectivity index (χ1n) is 6.92. The molecule has 0 saturated heterocycles. The Balaban J connectivity index is 1.88. The Morgan fingerprint density at radius 1 is 0.700 bits per heavy atom. The molecule has 0 saturated carbocycles. The number of hydrogen-bond acceptors (Lipinski definition) is 0. The maximum Gasteiger partial charge on any atom is 0.0516 e. The summed E-state index contributed by atoms with van der Waals surface area (Å²) in [6, 6.07) is 25.7. The molecule has 96 valence electrons. The number of allylic oxidation sites excluding steroid dienone is 1. The third-order valence-electron chi connectivity index (χ3n) is 3.94. The second kappa shape index (κ2) is 4.53. The van der Waals surface area contributed by atoms with E-state index in [1.54, 1.807) is 0 Å². The molecule has 1 aliphatic heterocycles. The summed E-state index contributed by atoms with van der Waals surface area (Å²) in [6.07, 6.45) is 4.38. The SMILES string of the molecule is C1=C(c2ccccc2)C(c2ccccc2)c2cccn21. The van der Waals surface area contributed by atoms with Crippen LogP contribution < -0.4 is 0 Å². The van der Waals surface area contributed by atoms with Gasteiger partial charge in [0.15, 0.2) is 0 Å². The first-order chi connectivity index (χ1) is 9.93. The summed E-state index contributed by atoms with van der Waals surface area (Å²) >= 11 is 0. The molecular weight excluding hydrogens is 242 g/mol. The van der Waals surface area contributed by atoms with Gasteiger partial charge in [0.05, 0.1) is 5.92 Å². The van der Waals surface area contributed by atoms with Crippen molar-refractivity contribution >= 4 is 11.8 Å². The number of benzene rings is 2. The summed E-state index contributed by atoms with van der Waals surface area (Å²) in [5.74, 6) is 0.327. The molecule has 0 bridgehead atoms. The molecule has 0 N–H and O–H groups in total. The highest BCUT2D eigenvalue weighted by atomic mass is 15.0. The second-order valence-electron chi connectivity index (χ2n) is 5.13. The minimum Gasteiger partial charge on any atom is -0.326 e. The van der Waals surface area contributed by atoms with E-state index < -0.39 is 0 Å². The minimum atomic E-state index is 0.327. The Morgan fingerprint density at radius 2 is 1.40 bits per heavy atom. The zero-order valence-electron chi connectivity index (χ0n) is 11.1. The summed E-state index contributed by atoms with van der Waals surface area (Å²) in [4.78, 5) is 0. The van der Waals surface area contributed by atoms with Gasteiger partial charge < -0.3 is 4.57 Å². The number of fused-ring (bicyclic) bond motifs is 1. The Hall–Kier alpha value is -2.54. The predicted octanol–water partition coefficient (Wildman–Crippen LogP) is 4.63. The molecule has 0 aliphatic carbocycles. The lowest BCUT2D eigenvalue weighted by Crippen LogP contribution is -2.00. The van der Waals surface area contributed by atoms with Crippen molar-refractivity contribution in [2.24, 2.45) is 0 Å². The summed E-state index contributed by atoms with van der Waals surface area (Å²) in [5.41, 5.74) is 5.35. The molecule has 0 radical (unpaired) electrons. The van der Waals surface area contributed by atoms with Gasteiger partial charge in [-0.25, -0.2) is 0 Å². The first kappa shape index (κ1) is 11.3. The molecule has 1 atom stereocenters. The molecule has 0 amide bonds. The van der Waals surface area contributed by atoms with Gasteiger partial charge >= 0.3 is 0 Å². The third-order valence-corrected chi connectivity index (χ3v) is 3.94. The van der Waals surface area contributed by atoms with Crippen molar-refractivity contribution in [2.75, 3.05) is 0 Å². The topological polar surface area (TPSA) is 4.93 Å². The van der Waals surface area contributed by atoms with E-state index in [9.17, 15) is 0 Å². The molecule has 1 nitrogen and oxygen atoms in total. The van der Waals surface area contributed by atoms with E-state index in [0.717, 1.165) is 0 Å². The molecule has 1 aromatic heterocycles. The zero-order valence-corrected chi connectivity index (χ0v) is 11.1. The van der Waals surface area contributed by atoms with Crippen LogP contribution in [0.4, 0.5) is 0 Å². The lowest BCUT2D eigenvalue weighted by Gasteiger charge is -2.16. The molecule has 20 heavy (non-hydrogen) atoms. The normalized spacial score (nSPS) is 16.8. The van der Waals surface area contributed by atoms with Crippen molar-refractivity contribution in [3.63, 3.8) is 0 Å². The van der Waals surface area contributed by atoms with Gasteiger partial charge in [-0.1, -0.05) is 60.7 Å². The van der Waals surface area contributed by atoms with Crippen LogP contribution in [0.25, 0.3) is 11.8 Å². The largest absolute Gasteiger partial charge is 0.326 e. The van der Waals surface area contributed by atoms with Crippen molar-refractivity contribution in [3.8, 4) is 0 Å². The summed E-state index contributed by atoms with van der Waals surface area (Å²) in [6.45, 7) is 0. The van der Waals surface area contributed by atoms with Gasteiger partial charge in [-0.3, -0.25) is 0 Å². The smallest absolute Gasteiger partial charge is 0.0516 e. The fourth-order valence-corrected chi connectivity index (χ4v) is 3.02. The summed E-state index contributed by atoms with van der Waals surface area (Å²) in [7, 11) is 0. The van der Waals surface area contributed by atoms with Gasteiger partial charge in [0.25, 0.3) is 0 Å². The number of rotatable bonds is 2. The van der Waals surface area contributed by atoms with Crippen LogP contribution in [0.3, 0.4) is 0 Å². The molecule has 1 heteroatoms. The van der Waals surface area contributed by atoms with Crippen LogP contribution in [0.15, 0.2) is 79.0 Å². The Morgan fingerprint density at radius 3 is 2.15 bits per heavy atom. The standard InChI is InChI=1S/C19H15N/c1-3-8-15(9-4-1)17-14-20-13-7-12-18(20)19(17)16-10-5-2-6-11-16/h1-14,19H. The van der Waals surface area contributed by atoms with Crippen LogP contribution in [0.5, 0.6) is 0 Å². The van der Waals surface area contributed by atoms with Crippen LogP contribution >= 0.6 is 0 Å². The van der Waals surface area contributed by atoms with Gasteiger partial charge in [-0.2, -0.15) is 0 Å². The Kier molecular flexibility index (Phi) is 2.56. The molecule has 2 aromatic carbocycles. The van der Waals surface area contributed by atoms with Crippen LogP contribution in [0.2, 0.25) is 0 Å². The van der Waals surface area contributed by atoms with Crippen molar-refractivity contribution in [1.82, 2.24) is 4.57 Å².